The van der Waals surface area contributed by atoms with Gasteiger partial charge in [-0.1, -0.05) is 23.4 Å². The van der Waals surface area contributed by atoms with Crippen LogP contribution in [0.4, 0.5) is 13.2 Å². The molecule has 0 radical (unpaired) electrons. The molecular formula is C10H7F3N2O. The molecule has 0 saturated heterocycles. The van der Waals surface area contributed by atoms with Gasteiger partial charge in [0.05, 0.1) is 5.57 Å². The maximum atomic E-state index is 12.4. The van der Waals surface area contributed by atoms with Gasteiger partial charge in [-0.3, -0.25) is 0 Å². The van der Waals surface area contributed by atoms with Crippen LogP contribution in [0.1, 0.15) is 12.2 Å². The van der Waals surface area contributed by atoms with Crippen LogP contribution in [-0.4, -0.2) is 16.3 Å². The average molecular weight is 228 g/mol. The van der Waals surface area contributed by atoms with Gasteiger partial charge in [-0.25, -0.2) is 0 Å². The van der Waals surface area contributed by atoms with E-state index in [-0.39, 0.29) is 12.2 Å². The molecule has 0 amide bonds. The molecule has 0 aliphatic heterocycles. The number of allylic oxidation sites excluding steroid dienone is 6. The second-order valence-corrected chi connectivity index (χ2v) is 3.14. The summed E-state index contributed by atoms with van der Waals surface area (Å²) in [6.07, 6.45) is 2.06. The van der Waals surface area contributed by atoms with Crippen molar-refractivity contribution in [2.75, 3.05) is 0 Å². The van der Waals surface area contributed by atoms with Gasteiger partial charge in [-0.05, 0) is 12.5 Å². The van der Waals surface area contributed by atoms with Crippen LogP contribution in [-0.2, 0) is 0 Å². The molecule has 1 aliphatic carbocycles. The second kappa shape index (κ2) is 3.96. The zero-order chi connectivity index (χ0) is 11.6. The summed E-state index contributed by atoms with van der Waals surface area (Å²) in [5.41, 5.74) is -0.147. The summed E-state index contributed by atoms with van der Waals surface area (Å²) in [5, 5.41) is 3.56. The minimum absolute atomic E-state index is 0.186. The number of rotatable bonds is 1. The highest BCUT2D eigenvalue weighted by molar-refractivity contribution is 5.70. The van der Waals surface area contributed by atoms with E-state index in [1.807, 2.05) is 0 Å². The van der Waals surface area contributed by atoms with Crippen LogP contribution >= 0.6 is 0 Å². The standard InChI is InChI=1S/C10H7F3N2O/c11-10(12,13)8-3-1-2-7(4-5-8)9-14-6-16-15-9/h2-6H,1H2. The van der Waals surface area contributed by atoms with E-state index in [2.05, 4.69) is 14.7 Å². The monoisotopic (exact) mass is 228 g/mol. The number of halogens is 3. The topological polar surface area (TPSA) is 38.9 Å². The molecule has 84 valence electrons. The van der Waals surface area contributed by atoms with Crippen LogP contribution in [0.25, 0.3) is 5.57 Å². The zero-order valence-corrected chi connectivity index (χ0v) is 8.03. The SMILES string of the molecule is FC(F)(F)C1=CCC=C(c2ncon2)C=C1. The third kappa shape index (κ3) is 2.21. The number of hydrogen-bond donors (Lipinski definition) is 0. The Balaban J connectivity index is 2.23. The molecule has 2 rings (SSSR count). The number of alkyl halides is 3. The normalized spacial score (nSPS) is 16.7. The first-order chi connectivity index (χ1) is 7.57. The number of aromatic nitrogens is 2. The molecule has 0 aromatic carbocycles. The summed E-state index contributed by atoms with van der Waals surface area (Å²) in [4.78, 5) is 3.77. The second-order valence-electron chi connectivity index (χ2n) is 3.14. The molecule has 0 bridgehead atoms. The van der Waals surface area contributed by atoms with E-state index in [4.69, 9.17) is 0 Å². The molecule has 16 heavy (non-hydrogen) atoms. The first-order valence-corrected chi connectivity index (χ1v) is 4.50. The molecule has 3 nitrogen and oxygen atoms in total. The Kier molecular flexibility index (Phi) is 2.64. The summed E-state index contributed by atoms with van der Waals surface area (Å²) in [6, 6.07) is 0. The first kappa shape index (κ1) is 10.7. The van der Waals surface area contributed by atoms with Crippen molar-refractivity contribution in [1.29, 1.82) is 0 Å². The lowest BCUT2D eigenvalue weighted by Crippen LogP contribution is -2.09. The Hall–Kier alpha value is -1.85. The minimum Gasteiger partial charge on any atom is -0.342 e. The molecule has 1 aromatic rings. The van der Waals surface area contributed by atoms with Gasteiger partial charge < -0.3 is 4.52 Å². The van der Waals surface area contributed by atoms with Gasteiger partial charge in [0.1, 0.15) is 0 Å². The molecule has 0 unspecified atom stereocenters. The van der Waals surface area contributed by atoms with Gasteiger partial charge in [0.25, 0.3) is 0 Å². The smallest absolute Gasteiger partial charge is 0.342 e. The fourth-order valence-corrected chi connectivity index (χ4v) is 1.30. The molecule has 1 heterocycles. The van der Waals surface area contributed by atoms with E-state index in [1.54, 1.807) is 6.08 Å². The van der Waals surface area contributed by atoms with Crippen molar-refractivity contribution in [1.82, 2.24) is 10.1 Å². The van der Waals surface area contributed by atoms with Crippen molar-refractivity contribution in [2.45, 2.75) is 12.6 Å². The quantitative estimate of drug-likeness (QED) is 0.741. The predicted molar refractivity (Wildman–Crippen MR) is 50.2 cm³/mol. The van der Waals surface area contributed by atoms with Gasteiger partial charge >= 0.3 is 6.18 Å². The molecule has 1 aliphatic rings. The third-order valence-corrected chi connectivity index (χ3v) is 2.06. The van der Waals surface area contributed by atoms with Crippen LogP contribution < -0.4 is 0 Å². The Labute approximate surface area is 89.0 Å². The highest BCUT2D eigenvalue weighted by Crippen LogP contribution is 2.29. The van der Waals surface area contributed by atoms with Crippen LogP contribution in [0.2, 0.25) is 0 Å². The van der Waals surface area contributed by atoms with Crippen molar-refractivity contribution >= 4 is 5.57 Å². The molecule has 0 saturated carbocycles. The fourth-order valence-electron chi connectivity index (χ4n) is 1.30. The minimum atomic E-state index is -4.32. The van der Waals surface area contributed by atoms with Gasteiger partial charge in [0.2, 0.25) is 12.2 Å². The van der Waals surface area contributed by atoms with Crippen molar-refractivity contribution < 1.29 is 17.7 Å². The van der Waals surface area contributed by atoms with Crippen LogP contribution in [0, 0.1) is 0 Å². The Morgan fingerprint density at radius 3 is 2.62 bits per heavy atom. The Morgan fingerprint density at radius 1 is 1.19 bits per heavy atom. The van der Waals surface area contributed by atoms with Crippen LogP contribution in [0.15, 0.2) is 40.8 Å². The van der Waals surface area contributed by atoms with E-state index in [9.17, 15) is 13.2 Å². The van der Waals surface area contributed by atoms with Crippen molar-refractivity contribution in [3.63, 3.8) is 0 Å². The maximum absolute atomic E-state index is 12.4. The number of hydrogen-bond acceptors (Lipinski definition) is 3. The summed E-state index contributed by atoms with van der Waals surface area (Å²) in [7, 11) is 0. The van der Waals surface area contributed by atoms with Gasteiger partial charge in [0.15, 0.2) is 0 Å². The molecule has 0 N–H and O–H groups in total. The van der Waals surface area contributed by atoms with Crippen molar-refractivity contribution in [2.24, 2.45) is 0 Å². The molecule has 1 aromatic heterocycles. The lowest BCUT2D eigenvalue weighted by Gasteiger charge is -2.05. The van der Waals surface area contributed by atoms with E-state index in [0.717, 1.165) is 18.5 Å². The maximum Gasteiger partial charge on any atom is 0.416 e. The number of nitrogens with zero attached hydrogens (tertiary/aromatic N) is 2. The average Bonchev–Trinajstić information content (AvgIpc) is 2.60. The molecule has 0 atom stereocenters. The molecule has 0 fully saturated rings. The molecular weight excluding hydrogens is 221 g/mol. The Morgan fingerprint density at radius 2 is 2.00 bits per heavy atom. The van der Waals surface area contributed by atoms with E-state index >= 15 is 0 Å². The fraction of sp³-hybridized carbons (Fsp3) is 0.200. The summed E-state index contributed by atoms with van der Waals surface area (Å²) in [5.74, 6) is 0.285. The zero-order valence-electron chi connectivity index (χ0n) is 8.03. The Bertz CT molecular complexity index is 455. The van der Waals surface area contributed by atoms with E-state index in [0.29, 0.717) is 5.57 Å². The van der Waals surface area contributed by atoms with Crippen LogP contribution in [0.5, 0.6) is 0 Å². The van der Waals surface area contributed by atoms with E-state index < -0.39 is 11.7 Å². The molecule has 0 spiro atoms. The van der Waals surface area contributed by atoms with Gasteiger partial charge in [-0.15, -0.1) is 0 Å². The van der Waals surface area contributed by atoms with Crippen molar-refractivity contribution in [3.8, 4) is 0 Å². The first-order valence-electron chi connectivity index (χ1n) is 4.50. The lowest BCUT2D eigenvalue weighted by atomic mass is 10.2. The predicted octanol–water partition coefficient (Wildman–Crippen LogP) is 2.90. The molecule has 6 heteroatoms. The van der Waals surface area contributed by atoms with Crippen molar-refractivity contribution in [3.05, 3.63) is 42.1 Å². The summed E-state index contributed by atoms with van der Waals surface area (Å²) < 4.78 is 41.7. The third-order valence-electron chi connectivity index (χ3n) is 2.06. The largest absolute Gasteiger partial charge is 0.416 e. The van der Waals surface area contributed by atoms with Gasteiger partial charge in [0, 0.05) is 5.57 Å². The summed E-state index contributed by atoms with van der Waals surface area (Å²) in [6.45, 7) is 0. The summed E-state index contributed by atoms with van der Waals surface area (Å²) >= 11 is 0. The lowest BCUT2D eigenvalue weighted by molar-refractivity contribution is -0.0883. The van der Waals surface area contributed by atoms with Gasteiger partial charge in [-0.2, -0.15) is 18.2 Å². The van der Waals surface area contributed by atoms with Crippen LogP contribution in [0.3, 0.4) is 0 Å². The highest BCUT2D eigenvalue weighted by atomic mass is 19.4. The highest BCUT2D eigenvalue weighted by Gasteiger charge is 2.31. The van der Waals surface area contributed by atoms with E-state index in [1.165, 1.54) is 6.08 Å².